The maximum Gasteiger partial charge on any atom is 0.326 e. The van der Waals surface area contributed by atoms with Crippen molar-refractivity contribution in [3.63, 3.8) is 0 Å². The summed E-state index contributed by atoms with van der Waals surface area (Å²) in [5.74, 6) is -1.25. The fraction of sp³-hybridized carbons (Fsp3) is 0.483. The van der Waals surface area contributed by atoms with Crippen LogP contribution in [0.1, 0.15) is 42.9 Å². The van der Waals surface area contributed by atoms with Crippen molar-refractivity contribution in [2.24, 2.45) is 0 Å². The van der Waals surface area contributed by atoms with Gasteiger partial charge in [-0.25, -0.2) is 4.79 Å². The molecule has 1 heterocycles. The number of amides is 1. The van der Waals surface area contributed by atoms with Gasteiger partial charge in [-0.05, 0) is 61.4 Å². The van der Waals surface area contributed by atoms with E-state index in [1.807, 2.05) is 30.3 Å². The van der Waals surface area contributed by atoms with Crippen LogP contribution in [0.3, 0.4) is 0 Å². The number of benzene rings is 2. The van der Waals surface area contributed by atoms with Gasteiger partial charge in [-0.2, -0.15) is 0 Å². The van der Waals surface area contributed by atoms with E-state index in [-0.39, 0.29) is 26.2 Å². The quantitative estimate of drug-likeness (QED) is 0.128. The van der Waals surface area contributed by atoms with Crippen molar-refractivity contribution in [3.8, 4) is 11.5 Å². The highest BCUT2D eigenvalue weighted by atomic mass is 16.9. The standard InChI is InChI=1S/C29H37N3O10/c1-19(27(33)31-18-22-17-26(40-3)25(39-2)16-21(22)15-24(31)28(34)35)30-23(12-11-20-9-5-4-6-10-20)29(36)41-13-7-8-14-42-32(37)38/h4-6,9-10,16-17,19,23-24,30H,7-8,11-15,18H2,1-3H3,(H,34,35). The molecular formula is C29H37N3O10. The molecule has 228 valence electrons. The summed E-state index contributed by atoms with van der Waals surface area (Å²) in [6.07, 6.45) is 1.63. The third-order valence-electron chi connectivity index (χ3n) is 7.05. The highest BCUT2D eigenvalue weighted by Gasteiger charge is 2.38. The van der Waals surface area contributed by atoms with Gasteiger partial charge in [0, 0.05) is 13.0 Å². The Morgan fingerprint density at radius 2 is 1.71 bits per heavy atom. The van der Waals surface area contributed by atoms with Crippen molar-refractivity contribution in [2.75, 3.05) is 27.4 Å². The first-order valence-corrected chi connectivity index (χ1v) is 13.7. The molecule has 0 saturated carbocycles. The first-order valence-electron chi connectivity index (χ1n) is 13.7. The van der Waals surface area contributed by atoms with E-state index in [4.69, 9.17) is 14.2 Å². The number of carboxylic acids is 1. The molecule has 1 aliphatic heterocycles. The van der Waals surface area contributed by atoms with Gasteiger partial charge in [-0.3, -0.25) is 14.9 Å². The van der Waals surface area contributed by atoms with Crippen LogP contribution in [0.4, 0.5) is 0 Å². The Bertz CT molecular complexity index is 1240. The predicted molar refractivity (Wildman–Crippen MR) is 150 cm³/mol. The normalized spacial score (nSPS) is 15.6. The third-order valence-corrected chi connectivity index (χ3v) is 7.05. The summed E-state index contributed by atoms with van der Waals surface area (Å²) >= 11 is 0. The molecule has 13 nitrogen and oxygen atoms in total. The van der Waals surface area contributed by atoms with Gasteiger partial charge in [0.15, 0.2) is 11.5 Å². The maximum absolute atomic E-state index is 13.6. The van der Waals surface area contributed by atoms with E-state index in [9.17, 15) is 29.6 Å². The molecule has 3 rings (SSSR count). The number of carbonyl (C=O) groups excluding carboxylic acids is 2. The minimum Gasteiger partial charge on any atom is -0.493 e. The van der Waals surface area contributed by atoms with Gasteiger partial charge in [0.05, 0.1) is 33.5 Å². The minimum absolute atomic E-state index is 0.0288. The molecule has 1 amide bonds. The average molecular weight is 588 g/mol. The fourth-order valence-electron chi connectivity index (χ4n) is 4.83. The Morgan fingerprint density at radius 3 is 2.33 bits per heavy atom. The number of ether oxygens (including phenoxy) is 3. The molecule has 0 saturated heterocycles. The van der Waals surface area contributed by atoms with Crippen LogP contribution in [0.5, 0.6) is 11.5 Å². The number of methoxy groups -OCH3 is 2. The highest BCUT2D eigenvalue weighted by molar-refractivity contribution is 5.88. The molecule has 0 radical (unpaired) electrons. The van der Waals surface area contributed by atoms with Gasteiger partial charge in [0.25, 0.3) is 5.09 Å². The second kappa shape index (κ2) is 15.6. The molecule has 1 aliphatic rings. The molecule has 2 aromatic rings. The lowest BCUT2D eigenvalue weighted by atomic mass is 9.92. The van der Waals surface area contributed by atoms with Crippen molar-refractivity contribution in [2.45, 2.75) is 63.7 Å². The second-order valence-electron chi connectivity index (χ2n) is 9.90. The molecule has 0 spiro atoms. The van der Waals surface area contributed by atoms with Crippen LogP contribution >= 0.6 is 0 Å². The lowest BCUT2D eigenvalue weighted by molar-refractivity contribution is -0.757. The van der Waals surface area contributed by atoms with Crippen LogP contribution in [0, 0.1) is 10.1 Å². The molecule has 2 aromatic carbocycles. The number of carbonyl (C=O) groups is 3. The number of hydrogen-bond donors (Lipinski definition) is 2. The van der Waals surface area contributed by atoms with Gasteiger partial charge in [-0.1, -0.05) is 30.3 Å². The minimum atomic E-state index is -1.14. The summed E-state index contributed by atoms with van der Waals surface area (Å²) in [5.41, 5.74) is 2.49. The number of aliphatic carboxylic acids is 1. The van der Waals surface area contributed by atoms with Gasteiger partial charge >= 0.3 is 11.9 Å². The van der Waals surface area contributed by atoms with Crippen LogP contribution in [0.2, 0.25) is 0 Å². The molecule has 3 unspecified atom stereocenters. The topological polar surface area (TPSA) is 167 Å². The number of esters is 1. The summed E-state index contributed by atoms with van der Waals surface area (Å²) in [6.45, 7) is 1.56. The maximum atomic E-state index is 13.6. The molecule has 13 heteroatoms. The molecule has 3 atom stereocenters. The van der Waals surface area contributed by atoms with Gasteiger partial charge in [-0.15, -0.1) is 10.1 Å². The van der Waals surface area contributed by atoms with Crippen molar-refractivity contribution in [1.29, 1.82) is 0 Å². The van der Waals surface area contributed by atoms with Crippen LogP contribution in [0.25, 0.3) is 0 Å². The second-order valence-corrected chi connectivity index (χ2v) is 9.90. The summed E-state index contributed by atoms with van der Waals surface area (Å²) in [6, 6.07) is 10.1. The number of carboxylic acid groups (broad SMARTS) is 1. The van der Waals surface area contributed by atoms with E-state index in [1.54, 1.807) is 19.1 Å². The number of aryl methyl sites for hydroxylation is 1. The Hall–Kier alpha value is -4.39. The monoisotopic (exact) mass is 587 g/mol. The van der Waals surface area contributed by atoms with Gasteiger partial charge < -0.3 is 29.1 Å². The first kappa shape index (κ1) is 32.1. The van der Waals surface area contributed by atoms with E-state index >= 15 is 0 Å². The number of rotatable bonds is 16. The Balaban J connectivity index is 1.72. The van der Waals surface area contributed by atoms with Crippen LogP contribution in [0.15, 0.2) is 42.5 Å². The number of nitrogens with zero attached hydrogens (tertiary/aromatic N) is 2. The van der Waals surface area contributed by atoms with E-state index < -0.39 is 41.1 Å². The van der Waals surface area contributed by atoms with Crippen LogP contribution in [-0.2, 0) is 43.3 Å². The molecule has 2 N–H and O–H groups in total. The lowest BCUT2D eigenvalue weighted by Crippen LogP contribution is -2.56. The van der Waals surface area contributed by atoms with Crippen molar-refractivity contribution in [3.05, 3.63) is 69.3 Å². The molecule has 0 bridgehead atoms. The fourth-order valence-corrected chi connectivity index (χ4v) is 4.83. The largest absolute Gasteiger partial charge is 0.493 e. The van der Waals surface area contributed by atoms with E-state index in [1.165, 1.54) is 19.1 Å². The Morgan fingerprint density at radius 1 is 1.07 bits per heavy atom. The molecule has 42 heavy (non-hydrogen) atoms. The van der Waals surface area contributed by atoms with Crippen molar-refractivity contribution in [1.82, 2.24) is 10.2 Å². The summed E-state index contributed by atoms with van der Waals surface area (Å²) in [4.78, 5) is 54.7. The average Bonchev–Trinajstić information content (AvgIpc) is 2.99. The molecule has 0 aromatic heterocycles. The first-order chi connectivity index (χ1) is 20.1. The SMILES string of the molecule is COc1cc2c(cc1OC)CN(C(=O)C(C)NC(CCc1ccccc1)C(=O)OCCCCO[N+](=O)[O-])C(C(=O)O)C2. The van der Waals surface area contributed by atoms with E-state index in [2.05, 4.69) is 10.2 Å². The predicted octanol–water partition coefficient (Wildman–Crippen LogP) is 2.55. The zero-order valence-electron chi connectivity index (χ0n) is 23.9. The van der Waals surface area contributed by atoms with Crippen molar-refractivity contribution < 1.29 is 43.6 Å². The van der Waals surface area contributed by atoms with E-state index in [0.717, 1.165) is 16.7 Å². The molecule has 0 fully saturated rings. The molecular weight excluding hydrogens is 550 g/mol. The number of fused-ring (bicyclic) bond motifs is 1. The summed E-state index contributed by atoms with van der Waals surface area (Å²) in [5, 5.41) is 22.4. The summed E-state index contributed by atoms with van der Waals surface area (Å²) < 4.78 is 16.1. The number of nitrogens with one attached hydrogen (secondary N) is 1. The Kier molecular flexibility index (Phi) is 11.9. The number of hydrogen-bond acceptors (Lipinski definition) is 10. The van der Waals surface area contributed by atoms with Crippen LogP contribution < -0.4 is 14.8 Å². The smallest absolute Gasteiger partial charge is 0.326 e. The van der Waals surface area contributed by atoms with Crippen molar-refractivity contribution >= 4 is 17.8 Å². The lowest BCUT2D eigenvalue weighted by Gasteiger charge is -2.37. The summed E-state index contributed by atoms with van der Waals surface area (Å²) in [7, 11) is 2.99. The van der Waals surface area contributed by atoms with Crippen LogP contribution in [-0.4, -0.2) is 78.5 Å². The van der Waals surface area contributed by atoms with Gasteiger partial charge in [0.2, 0.25) is 5.91 Å². The molecule has 0 aliphatic carbocycles. The Labute approximate surface area is 243 Å². The van der Waals surface area contributed by atoms with Gasteiger partial charge in [0.1, 0.15) is 12.1 Å². The highest BCUT2D eigenvalue weighted by Crippen LogP contribution is 2.35. The number of unbranched alkanes of at least 4 members (excludes halogenated alkanes) is 1. The van der Waals surface area contributed by atoms with E-state index in [0.29, 0.717) is 37.2 Å². The zero-order valence-corrected chi connectivity index (χ0v) is 23.9. The third kappa shape index (κ3) is 8.80. The zero-order chi connectivity index (χ0) is 30.6.